The molecular formula is C10H14N6. The first-order valence-corrected chi connectivity index (χ1v) is 4.64. The predicted octanol–water partition coefficient (Wildman–Crippen LogP) is 0.333. The fourth-order valence-corrected chi connectivity index (χ4v) is 1.66. The van der Waals surface area contributed by atoms with Crippen LogP contribution in [-0.2, 0) is 0 Å². The van der Waals surface area contributed by atoms with Crippen molar-refractivity contribution in [3.63, 3.8) is 0 Å². The second kappa shape index (κ2) is 2.99. The Balaban J connectivity index is 3.02. The molecule has 16 heavy (non-hydrogen) atoms. The molecule has 0 aliphatic rings. The number of nitrogen functional groups attached to an aromatic ring is 6. The molecule has 0 aromatic heterocycles. The summed E-state index contributed by atoms with van der Waals surface area (Å²) in [5, 5.41) is 1.33. The van der Waals surface area contributed by atoms with Crippen molar-refractivity contribution in [3.05, 3.63) is 12.1 Å². The van der Waals surface area contributed by atoms with Crippen LogP contribution < -0.4 is 34.4 Å². The van der Waals surface area contributed by atoms with Gasteiger partial charge in [0.05, 0.1) is 34.1 Å². The molecule has 0 aliphatic heterocycles. The van der Waals surface area contributed by atoms with Crippen LogP contribution in [0.1, 0.15) is 0 Å². The molecule has 0 heterocycles. The molecule has 2 aromatic rings. The van der Waals surface area contributed by atoms with Gasteiger partial charge in [0, 0.05) is 10.8 Å². The van der Waals surface area contributed by atoms with Crippen molar-refractivity contribution in [3.8, 4) is 0 Å². The number of hydrogen-bond acceptors (Lipinski definition) is 6. The summed E-state index contributed by atoms with van der Waals surface area (Å²) in [5.41, 5.74) is 36.7. The molecule has 12 N–H and O–H groups in total. The van der Waals surface area contributed by atoms with Gasteiger partial charge in [-0.25, -0.2) is 0 Å². The molecule has 6 heteroatoms. The molecule has 0 saturated heterocycles. The highest BCUT2D eigenvalue weighted by atomic mass is 14.8. The van der Waals surface area contributed by atoms with Crippen LogP contribution >= 0.6 is 0 Å². The molecule has 0 bridgehead atoms. The van der Waals surface area contributed by atoms with Gasteiger partial charge in [0.2, 0.25) is 0 Å². The molecule has 0 aliphatic carbocycles. The van der Waals surface area contributed by atoms with Crippen LogP contribution in [0.2, 0.25) is 0 Å². The highest BCUT2D eigenvalue weighted by Gasteiger charge is 2.13. The van der Waals surface area contributed by atoms with Gasteiger partial charge in [-0.15, -0.1) is 0 Å². The molecular weight excluding hydrogens is 204 g/mol. The van der Waals surface area contributed by atoms with E-state index in [4.69, 9.17) is 34.4 Å². The van der Waals surface area contributed by atoms with Crippen LogP contribution in [0.4, 0.5) is 34.1 Å². The second-order valence-electron chi connectivity index (χ2n) is 3.68. The fourth-order valence-electron chi connectivity index (χ4n) is 1.66. The van der Waals surface area contributed by atoms with Gasteiger partial charge in [-0.1, -0.05) is 0 Å². The van der Waals surface area contributed by atoms with E-state index in [1.54, 1.807) is 12.1 Å². The van der Waals surface area contributed by atoms with E-state index in [0.29, 0.717) is 33.5 Å². The highest BCUT2D eigenvalue weighted by Crippen LogP contribution is 2.40. The predicted molar refractivity (Wildman–Crippen MR) is 70.4 cm³/mol. The summed E-state index contributed by atoms with van der Waals surface area (Å²) in [4.78, 5) is 0. The third-order valence-electron chi connectivity index (χ3n) is 2.67. The van der Waals surface area contributed by atoms with E-state index in [9.17, 15) is 0 Å². The normalized spacial score (nSPS) is 10.8. The van der Waals surface area contributed by atoms with E-state index < -0.39 is 0 Å². The third kappa shape index (κ3) is 1.13. The van der Waals surface area contributed by atoms with Crippen LogP contribution in [-0.4, -0.2) is 0 Å². The van der Waals surface area contributed by atoms with Crippen LogP contribution in [0.15, 0.2) is 12.1 Å². The molecule has 0 radical (unpaired) electrons. The monoisotopic (exact) mass is 218 g/mol. The molecule has 6 nitrogen and oxygen atoms in total. The van der Waals surface area contributed by atoms with Gasteiger partial charge < -0.3 is 34.4 Å². The maximum Gasteiger partial charge on any atom is 0.0809 e. The fraction of sp³-hybridized carbons (Fsp3) is 0. The van der Waals surface area contributed by atoms with Crippen LogP contribution in [0, 0.1) is 0 Å². The Morgan fingerprint density at radius 3 is 1.12 bits per heavy atom. The highest BCUT2D eigenvalue weighted by molar-refractivity contribution is 6.13. The first kappa shape index (κ1) is 10.0. The Morgan fingerprint density at radius 1 is 0.500 bits per heavy atom. The average Bonchev–Trinajstić information content (AvgIpc) is 2.26. The van der Waals surface area contributed by atoms with Crippen molar-refractivity contribution in [1.82, 2.24) is 0 Å². The molecule has 2 aromatic carbocycles. The SMILES string of the molecule is Nc1cc2c(N)c(N)c(N)c(N)c2cc1N. The zero-order valence-electron chi connectivity index (χ0n) is 8.62. The van der Waals surface area contributed by atoms with E-state index in [2.05, 4.69) is 0 Å². The lowest BCUT2D eigenvalue weighted by Gasteiger charge is -2.14. The van der Waals surface area contributed by atoms with Crippen LogP contribution in [0.25, 0.3) is 10.8 Å². The lowest BCUT2D eigenvalue weighted by Crippen LogP contribution is -2.06. The summed E-state index contributed by atoms with van der Waals surface area (Å²) >= 11 is 0. The quantitative estimate of drug-likeness (QED) is 0.350. The number of hydrogen-bond donors (Lipinski definition) is 6. The van der Waals surface area contributed by atoms with Crippen LogP contribution in [0.3, 0.4) is 0 Å². The molecule has 0 atom stereocenters. The molecule has 0 amide bonds. The van der Waals surface area contributed by atoms with Crippen molar-refractivity contribution in [2.75, 3.05) is 34.4 Å². The molecule has 0 spiro atoms. The Hall–Kier alpha value is -2.50. The van der Waals surface area contributed by atoms with Gasteiger partial charge in [-0.3, -0.25) is 0 Å². The zero-order chi connectivity index (χ0) is 12.0. The van der Waals surface area contributed by atoms with E-state index in [0.717, 1.165) is 0 Å². The van der Waals surface area contributed by atoms with E-state index in [1.807, 2.05) is 0 Å². The third-order valence-corrected chi connectivity index (χ3v) is 2.67. The summed E-state index contributed by atoms with van der Waals surface area (Å²) in [5.74, 6) is 0. The van der Waals surface area contributed by atoms with Crippen molar-refractivity contribution < 1.29 is 0 Å². The van der Waals surface area contributed by atoms with Gasteiger partial charge in [0.1, 0.15) is 0 Å². The summed E-state index contributed by atoms with van der Waals surface area (Å²) in [6, 6.07) is 3.29. The summed E-state index contributed by atoms with van der Waals surface area (Å²) in [6.07, 6.45) is 0. The molecule has 0 unspecified atom stereocenters. The second-order valence-corrected chi connectivity index (χ2v) is 3.68. The molecule has 0 fully saturated rings. The number of benzene rings is 2. The van der Waals surface area contributed by atoms with Crippen molar-refractivity contribution in [1.29, 1.82) is 0 Å². The minimum Gasteiger partial charge on any atom is -0.397 e. The average molecular weight is 218 g/mol. The van der Waals surface area contributed by atoms with Gasteiger partial charge in [0.25, 0.3) is 0 Å². The Labute approximate surface area is 92.2 Å². The molecule has 0 saturated carbocycles. The minimum atomic E-state index is 0.272. The minimum absolute atomic E-state index is 0.272. The van der Waals surface area contributed by atoms with E-state index in [1.165, 1.54) is 0 Å². The first-order chi connectivity index (χ1) is 7.43. The first-order valence-electron chi connectivity index (χ1n) is 4.64. The summed E-state index contributed by atoms with van der Waals surface area (Å²) < 4.78 is 0. The van der Waals surface area contributed by atoms with Crippen molar-refractivity contribution in [2.45, 2.75) is 0 Å². The Kier molecular flexibility index (Phi) is 1.88. The maximum atomic E-state index is 5.85. The summed E-state index contributed by atoms with van der Waals surface area (Å²) in [7, 11) is 0. The molecule has 84 valence electrons. The lowest BCUT2D eigenvalue weighted by atomic mass is 10.0. The van der Waals surface area contributed by atoms with E-state index in [-0.39, 0.29) is 11.4 Å². The van der Waals surface area contributed by atoms with Gasteiger partial charge in [-0.05, 0) is 12.1 Å². The zero-order valence-corrected chi connectivity index (χ0v) is 8.62. The number of rotatable bonds is 0. The summed E-state index contributed by atoms with van der Waals surface area (Å²) in [6.45, 7) is 0. The number of anilines is 6. The molecule has 2 rings (SSSR count). The van der Waals surface area contributed by atoms with Crippen molar-refractivity contribution in [2.24, 2.45) is 0 Å². The lowest BCUT2D eigenvalue weighted by molar-refractivity contribution is 1.66. The maximum absolute atomic E-state index is 5.85. The van der Waals surface area contributed by atoms with Crippen molar-refractivity contribution >= 4 is 44.9 Å². The number of fused-ring (bicyclic) bond motifs is 1. The Morgan fingerprint density at radius 2 is 0.812 bits per heavy atom. The number of nitrogens with two attached hydrogens (primary N) is 6. The van der Waals surface area contributed by atoms with Gasteiger partial charge >= 0.3 is 0 Å². The smallest absolute Gasteiger partial charge is 0.0809 e. The largest absolute Gasteiger partial charge is 0.397 e. The van der Waals surface area contributed by atoms with Crippen LogP contribution in [0.5, 0.6) is 0 Å². The van der Waals surface area contributed by atoms with E-state index >= 15 is 0 Å². The standard InChI is InChI=1S/C10H14N6/c11-5-1-3-4(2-6(5)12)8(14)10(16)9(15)7(3)13/h1-2H,11-16H2. The topological polar surface area (TPSA) is 156 Å². The Bertz CT molecular complexity index is 537. The van der Waals surface area contributed by atoms with Gasteiger partial charge in [-0.2, -0.15) is 0 Å². The van der Waals surface area contributed by atoms with Gasteiger partial charge in [0.15, 0.2) is 0 Å².